The molecule has 1 heterocycles. The van der Waals surface area contributed by atoms with Crippen molar-refractivity contribution in [1.29, 1.82) is 0 Å². The van der Waals surface area contributed by atoms with Gasteiger partial charge in [0.2, 0.25) is 5.91 Å². The van der Waals surface area contributed by atoms with E-state index in [0.717, 1.165) is 17.0 Å². The van der Waals surface area contributed by atoms with Crippen LogP contribution in [0.25, 0.3) is 0 Å². The first-order chi connectivity index (χ1) is 12.4. The molecular formula is C18H21F2N3O2S. The highest BCUT2D eigenvalue weighted by Gasteiger charge is 2.17. The van der Waals surface area contributed by atoms with Crippen LogP contribution in [0.2, 0.25) is 0 Å². The lowest BCUT2D eigenvalue weighted by atomic mass is 10.1. The summed E-state index contributed by atoms with van der Waals surface area (Å²) in [6, 6.07) is 6.66. The van der Waals surface area contributed by atoms with Crippen LogP contribution in [-0.2, 0) is 11.2 Å². The number of nitrogens with zero attached hydrogens (tertiary/aromatic N) is 1. The molecule has 0 saturated carbocycles. The molecule has 140 valence electrons. The fourth-order valence-corrected chi connectivity index (χ4v) is 3.06. The van der Waals surface area contributed by atoms with Crippen LogP contribution in [0.3, 0.4) is 0 Å². The lowest BCUT2D eigenvalue weighted by molar-refractivity contribution is -0.121. The highest BCUT2D eigenvalue weighted by Crippen LogP contribution is 2.20. The van der Waals surface area contributed by atoms with Crippen molar-refractivity contribution in [2.24, 2.45) is 0 Å². The fourth-order valence-electron chi connectivity index (χ4n) is 2.35. The molecule has 8 heteroatoms. The number of amides is 3. The van der Waals surface area contributed by atoms with E-state index in [9.17, 15) is 18.4 Å². The second-order valence-electron chi connectivity index (χ2n) is 5.90. The average Bonchev–Trinajstić information content (AvgIpc) is 3.09. The molecule has 2 rings (SSSR count). The zero-order chi connectivity index (χ0) is 19.1. The molecule has 0 aliphatic rings. The Bertz CT molecular complexity index is 753. The first-order valence-electron chi connectivity index (χ1n) is 8.12. The van der Waals surface area contributed by atoms with Gasteiger partial charge in [-0.3, -0.25) is 15.0 Å². The topological polar surface area (TPSA) is 61.4 Å². The van der Waals surface area contributed by atoms with Crippen molar-refractivity contribution in [1.82, 2.24) is 15.5 Å². The van der Waals surface area contributed by atoms with Crippen LogP contribution in [0, 0.1) is 11.6 Å². The lowest BCUT2D eigenvalue weighted by Crippen LogP contribution is -2.44. The molecule has 3 amide bonds. The second kappa shape index (κ2) is 9.40. The Labute approximate surface area is 155 Å². The molecule has 2 N–H and O–H groups in total. The van der Waals surface area contributed by atoms with Gasteiger partial charge < -0.3 is 5.32 Å². The Hall–Kier alpha value is -2.32. The third-order valence-corrected chi connectivity index (χ3v) is 4.91. The largest absolute Gasteiger partial charge is 0.337 e. The van der Waals surface area contributed by atoms with Crippen LogP contribution in [0.5, 0.6) is 0 Å². The number of urea groups is 1. The molecule has 26 heavy (non-hydrogen) atoms. The molecule has 5 nitrogen and oxygen atoms in total. The van der Waals surface area contributed by atoms with Gasteiger partial charge in [-0.25, -0.2) is 13.6 Å². The number of nitrogens with one attached hydrogen (secondary N) is 2. The molecule has 0 aliphatic carbocycles. The van der Waals surface area contributed by atoms with E-state index in [4.69, 9.17) is 0 Å². The second-order valence-corrected chi connectivity index (χ2v) is 6.93. The summed E-state index contributed by atoms with van der Waals surface area (Å²) in [5.41, 5.74) is 0.541. The van der Waals surface area contributed by atoms with Crippen molar-refractivity contribution in [3.8, 4) is 0 Å². The number of imide groups is 1. The van der Waals surface area contributed by atoms with Crippen LogP contribution in [-0.4, -0.2) is 37.0 Å². The first kappa shape index (κ1) is 20.0. The third kappa shape index (κ3) is 5.89. The Kier molecular flexibility index (Phi) is 7.23. The predicted octanol–water partition coefficient (Wildman–Crippen LogP) is 3.09. The minimum Gasteiger partial charge on any atom is -0.337 e. The van der Waals surface area contributed by atoms with Gasteiger partial charge >= 0.3 is 6.03 Å². The molecule has 0 fully saturated rings. The van der Waals surface area contributed by atoms with Crippen molar-refractivity contribution in [3.05, 3.63) is 57.8 Å². The number of carbonyl (C=O) groups excluding carboxylic acids is 2. The number of thiophene rings is 1. The van der Waals surface area contributed by atoms with E-state index in [1.807, 2.05) is 17.5 Å². The van der Waals surface area contributed by atoms with Gasteiger partial charge in [-0.05, 0) is 49.5 Å². The van der Waals surface area contributed by atoms with E-state index in [-0.39, 0.29) is 12.6 Å². The summed E-state index contributed by atoms with van der Waals surface area (Å²) in [6.45, 7) is 2.14. The molecule has 1 unspecified atom stereocenters. The zero-order valence-electron chi connectivity index (χ0n) is 14.6. The van der Waals surface area contributed by atoms with Crippen LogP contribution in [0.1, 0.15) is 23.4 Å². The highest BCUT2D eigenvalue weighted by molar-refractivity contribution is 7.09. The van der Waals surface area contributed by atoms with Gasteiger partial charge in [-0.1, -0.05) is 12.1 Å². The summed E-state index contributed by atoms with van der Waals surface area (Å²) in [7, 11) is 1.67. The zero-order valence-corrected chi connectivity index (χ0v) is 15.4. The summed E-state index contributed by atoms with van der Waals surface area (Å²) >= 11 is 1.60. The van der Waals surface area contributed by atoms with Crippen LogP contribution in [0.4, 0.5) is 13.6 Å². The molecule has 0 bridgehead atoms. The number of rotatable bonds is 7. The van der Waals surface area contributed by atoms with Crippen molar-refractivity contribution in [2.45, 2.75) is 19.4 Å². The maximum Gasteiger partial charge on any atom is 0.321 e. The van der Waals surface area contributed by atoms with Gasteiger partial charge in [0, 0.05) is 17.5 Å². The molecule has 0 spiro atoms. The minimum atomic E-state index is -0.933. The lowest BCUT2D eigenvalue weighted by Gasteiger charge is -2.24. The monoisotopic (exact) mass is 381 g/mol. The molecule has 0 radical (unpaired) electrons. The Morgan fingerprint density at radius 3 is 2.65 bits per heavy atom. The van der Waals surface area contributed by atoms with Crippen molar-refractivity contribution in [2.75, 3.05) is 20.1 Å². The quantitative estimate of drug-likeness (QED) is 0.775. The van der Waals surface area contributed by atoms with E-state index >= 15 is 0 Å². The van der Waals surface area contributed by atoms with E-state index in [1.165, 1.54) is 6.07 Å². The maximum atomic E-state index is 13.3. The predicted molar refractivity (Wildman–Crippen MR) is 97.0 cm³/mol. The number of halogens is 2. The van der Waals surface area contributed by atoms with E-state index in [2.05, 4.69) is 10.6 Å². The third-order valence-electron chi connectivity index (χ3n) is 3.97. The number of carbonyl (C=O) groups is 2. The summed E-state index contributed by atoms with van der Waals surface area (Å²) in [6.07, 6.45) is 0.701. The summed E-state index contributed by atoms with van der Waals surface area (Å²) < 4.78 is 26.3. The van der Waals surface area contributed by atoms with Gasteiger partial charge in [0.1, 0.15) is 0 Å². The normalized spacial score (nSPS) is 12.0. The Balaban J connectivity index is 1.76. The summed E-state index contributed by atoms with van der Waals surface area (Å²) in [5.74, 6) is -2.33. The number of hydrogen-bond donors (Lipinski definition) is 2. The van der Waals surface area contributed by atoms with E-state index < -0.39 is 23.6 Å². The Morgan fingerprint density at radius 2 is 2.00 bits per heavy atom. The number of hydrogen-bond acceptors (Lipinski definition) is 4. The number of likely N-dealkylation sites (N-methyl/N-ethyl adjacent to an activating group) is 1. The molecular weight excluding hydrogens is 360 g/mol. The highest BCUT2D eigenvalue weighted by atomic mass is 32.1. The van der Waals surface area contributed by atoms with Crippen molar-refractivity contribution < 1.29 is 18.4 Å². The summed E-state index contributed by atoms with van der Waals surface area (Å²) in [4.78, 5) is 26.5. The van der Waals surface area contributed by atoms with E-state index in [0.29, 0.717) is 18.5 Å². The fraction of sp³-hybridized carbons (Fsp3) is 0.333. The van der Waals surface area contributed by atoms with Gasteiger partial charge in [0.05, 0.1) is 6.54 Å². The number of benzene rings is 1. The first-order valence-corrected chi connectivity index (χ1v) is 9.00. The van der Waals surface area contributed by atoms with Crippen LogP contribution < -0.4 is 10.6 Å². The molecule has 1 aromatic carbocycles. The van der Waals surface area contributed by atoms with Crippen molar-refractivity contribution >= 4 is 23.3 Å². The minimum absolute atomic E-state index is 0.0570. The van der Waals surface area contributed by atoms with Crippen LogP contribution >= 0.6 is 11.3 Å². The molecule has 2 aromatic rings. The van der Waals surface area contributed by atoms with Gasteiger partial charge in [-0.2, -0.15) is 0 Å². The van der Waals surface area contributed by atoms with E-state index in [1.54, 1.807) is 30.2 Å². The molecule has 0 aliphatic heterocycles. The SMILES string of the molecule is CC(c1ccc(F)c(F)c1)N(C)CC(=O)NC(=O)NCCc1cccs1. The molecule has 1 atom stereocenters. The van der Waals surface area contributed by atoms with Crippen LogP contribution in [0.15, 0.2) is 35.7 Å². The standard InChI is InChI=1S/C18H21F2N3O2S/c1-12(13-5-6-15(19)16(20)10-13)23(2)11-17(24)22-18(25)21-8-7-14-4-3-9-26-14/h3-6,9-10,12H,7-8,11H2,1-2H3,(H2,21,22,24,25). The average molecular weight is 381 g/mol. The summed E-state index contributed by atoms with van der Waals surface area (Å²) in [5, 5.41) is 6.84. The molecule has 0 saturated heterocycles. The van der Waals surface area contributed by atoms with Gasteiger partial charge in [0.25, 0.3) is 0 Å². The maximum absolute atomic E-state index is 13.3. The van der Waals surface area contributed by atoms with Gasteiger partial charge in [0.15, 0.2) is 11.6 Å². The van der Waals surface area contributed by atoms with Gasteiger partial charge in [-0.15, -0.1) is 11.3 Å². The Morgan fingerprint density at radius 1 is 1.23 bits per heavy atom. The smallest absolute Gasteiger partial charge is 0.321 e. The molecule has 1 aromatic heterocycles. The van der Waals surface area contributed by atoms with Crippen molar-refractivity contribution in [3.63, 3.8) is 0 Å².